The van der Waals surface area contributed by atoms with Gasteiger partial charge in [0.05, 0.1) is 0 Å². The third-order valence-corrected chi connectivity index (χ3v) is 3.37. The Morgan fingerprint density at radius 1 is 1.21 bits per heavy atom. The van der Waals surface area contributed by atoms with Gasteiger partial charge in [0, 0.05) is 0 Å². The molecule has 3 rings (SSSR count). The van der Waals surface area contributed by atoms with E-state index < -0.39 is 0 Å². The lowest BCUT2D eigenvalue weighted by molar-refractivity contribution is 1.02. The van der Waals surface area contributed by atoms with Gasteiger partial charge in [0.15, 0.2) is 0 Å². The summed E-state index contributed by atoms with van der Waals surface area (Å²) in [5, 5.41) is 0. The van der Waals surface area contributed by atoms with Gasteiger partial charge in [-0.15, -0.1) is 0 Å². The van der Waals surface area contributed by atoms with Crippen LogP contribution in [0.4, 0.5) is 0 Å². The normalized spacial score (nSPS) is 28.1. The number of hydrogen-bond donors (Lipinski definition) is 0. The van der Waals surface area contributed by atoms with E-state index in [4.69, 9.17) is 0 Å². The van der Waals surface area contributed by atoms with E-state index in [0.717, 1.165) is 11.8 Å². The van der Waals surface area contributed by atoms with E-state index >= 15 is 0 Å². The summed E-state index contributed by atoms with van der Waals surface area (Å²) in [6.45, 7) is 2.31. The minimum absolute atomic E-state index is 0.849. The second kappa shape index (κ2) is 2.98. The molecule has 0 aliphatic heterocycles. The van der Waals surface area contributed by atoms with E-state index in [1.807, 2.05) is 0 Å². The SMILES string of the molecule is CC1CC1=Cc1ccccc1C1CC1. The highest BCUT2D eigenvalue weighted by molar-refractivity contribution is 5.61. The minimum atomic E-state index is 0.849. The van der Waals surface area contributed by atoms with Gasteiger partial charge >= 0.3 is 0 Å². The van der Waals surface area contributed by atoms with Crippen molar-refractivity contribution >= 4 is 6.08 Å². The first-order chi connectivity index (χ1) is 6.84. The van der Waals surface area contributed by atoms with Crippen LogP contribution in [0.1, 0.15) is 43.2 Å². The largest absolute Gasteiger partial charge is 0.0659 e. The van der Waals surface area contributed by atoms with Crippen LogP contribution >= 0.6 is 0 Å². The van der Waals surface area contributed by atoms with Crippen LogP contribution in [0.5, 0.6) is 0 Å². The molecule has 0 heteroatoms. The second-order valence-electron chi connectivity index (χ2n) is 4.73. The van der Waals surface area contributed by atoms with Crippen LogP contribution in [-0.2, 0) is 0 Å². The van der Waals surface area contributed by atoms with Crippen molar-refractivity contribution in [3.05, 3.63) is 41.0 Å². The molecule has 1 aromatic carbocycles. The van der Waals surface area contributed by atoms with E-state index in [2.05, 4.69) is 37.3 Å². The van der Waals surface area contributed by atoms with E-state index in [1.165, 1.54) is 24.8 Å². The summed E-state index contributed by atoms with van der Waals surface area (Å²) in [4.78, 5) is 0. The number of hydrogen-bond acceptors (Lipinski definition) is 0. The lowest BCUT2D eigenvalue weighted by Gasteiger charge is -2.02. The van der Waals surface area contributed by atoms with Gasteiger partial charge in [-0.05, 0) is 42.2 Å². The molecule has 0 nitrogen and oxygen atoms in total. The van der Waals surface area contributed by atoms with E-state index in [9.17, 15) is 0 Å². The number of benzene rings is 1. The third kappa shape index (κ3) is 1.50. The Bertz CT molecular complexity index is 383. The Kier molecular flexibility index (Phi) is 1.76. The maximum Gasteiger partial charge on any atom is -0.0156 e. The average molecular weight is 184 g/mol. The molecular weight excluding hydrogens is 168 g/mol. The first kappa shape index (κ1) is 8.28. The predicted molar refractivity (Wildman–Crippen MR) is 60.2 cm³/mol. The van der Waals surface area contributed by atoms with Gasteiger partial charge < -0.3 is 0 Å². The molecule has 0 amide bonds. The van der Waals surface area contributed by atoms with Crippen LogP contribution < -0.4 is 0 Å². The van der Waals surface area contributed by atoms with Crippen molar-refractivity contribution in [3.63, 3.8) is 0 Å². The lowest BCUT2D eigenvalue weighted by Crippen LogP contribution is -1.84. The molecule has 72 valence electrons. The van der Waals surface area contributed by atoms with Gasteiger partial charge in [0.2, 0.25) is 0 Å². The van der Waals surface area contributed by atoms with E-state index in [1.54, 1.807) is 11.1 Å². The van der Waals surface area contributed by atoms with Crippen LogP contribution in [0.3, 0.4) is 0 Å². The quantitative estimate of drug-likeness (QED) is 0.652. The highest BCUT2D eigenvalue weighted by Crippen LogP contribution is 2.44. The zero-order chi connectivity index (χ0) is 9.54. The molecule has 0 heterocycles. The van der Waals surface area contributed by atoms with Gasteiger partial charge in [-0.2, -0.15) is 0 Å². The monoisotopic (exact) mass is 184 g/mol. The topological polar surface area (TPSA) is 0 Å². The third-order valence-electron chi connectivity index (χ3n) is 3.37. The highest BCUT2D eigenvalue weighted by atomic mass is 14.3. The Morgan fingerprint density at radius 3 is 2.57 bits per heavy atom. The van der Waals surface area contributed by atoms with Gasteiger partial charge in [-0.3, -0.25) is 0 Å². The minimum Gasteiger partial charge on any atom is -0.0659 e. The van der Waals surface area contributed by atoms with Crippen molar-refractivity contribution < 1.29 is 0 Å². The molecular formula is C14H16. The number of rotatable bonds is 2. The smallest absolute Gasteiger partial charge is 0.0156 e. The van der Waals surface area contributed by atoms with Crippen LogP contribution in [0.15, 0.2) is 29.8 Å². The van der Waals surface area contributed by atoms with Gasteiger partial charge in [-0.1, -0.05) is 42.8 Å². The molecule has 2 aliphatic rings. The summed E-state index contributed by atoms with van der Waals surface area (Å²) in [6.07, 6.45) is 6.53. The molecule has 1 atom stereocenters. The zero-order valence-electron chi connectivity index (χ0n) is 8.66. The maximum atomic E-state index is 2.42. The van der Waals surface area contributed by atoms with Crippen LogP contribution in [0.2, 0.25) is 0 Å². The summed E-state index contributed by atoms with van der Waals surface area (Å²) < 4.78 is 0. The fraction of sp³-hybridized carbons (Fsp3) is 0.429. The summed E-state index contributed by atoms with van der Waals surface area (Å²) in [5.74, 6) is 1.72. The molecule has 0 aromatic heterocycles. The summed E-state index contributed by atoms with van der Waals surface area (Å²) in [5.41, 5.74) is 4.70. The molecule has 0 radical (unpaired) electrons. The Balaban J connectivity index is 1.95. The van der Waals surface area contributed by atoms with E-state index in [0.29, 0.717) is 0 Å². The number of allylic oxidation sites excluding steroid dienone is 1. The Labute approximate surface area is 85.6 Å². The van der Waals surface area contributed by atoms with Crippen LogP contribution in [0.25, 0.3) is 6.08 Å². The molecule has 1 unspecified atom stereocenters. The first-order valence-corrected chi connectivity index (χ1v) is 5.64. The predicted octanol–water partition coefficient (Wildman–Crippen LogP) is 3.99. The summed E-state index contributed by atoms with van der Waals surface area (Å²) in [6, 6.07) is 8.90. The fourth-order valence-corrected chi connectivity index (χ4v) is 2.10. The van der Waals surface area contributed by atoms with Crippen molar-refractivity contribution in [1.29, 1.82) is 0 Å². The average Bonchev–Trinajstić information content (AvgIpc) is 3.06. The van der Waals surface area contributed by atoms with Crippen LogP contribution in [0, 0.1) is 5.92 Å². The Hall–Kier alpha value is -1.04. The highest BCUT2D eigenvalue weighted by Gasteiger charge is 2.27. The van der Waals surface area contributed by atoms with Crippen molar-refractivity contribution in [2.75, 3.05) is 0 Å². The molecule has 2 aliphatic carbocycles. The molecule has 2 saturated carbocycles. The Morgan fingerprint density at radius 2 is 1.93 bits per heavy atom. The molecule has 0 saturated heterocycles. The van der Waals surface area contributed by atoms with Gasteiger partial charge in [0.1, 0.15) is 0 Å². The summed E-state index contributed by atoms with van der Waals surface area (Å²) >= 11 is 0. The molecule has 14 heavy (non-hydrogen) atoms. The van der Waals surface area contributed by atoms with Crippen molar-refractivity contribution in [2.24, 2.45) is 5.92 Å². The van der Waals surface area contributed by atoms with Crippen molar-refractivity contribution in [3.8, 4) is 0 Å². The summed E-state index contributed by atoms with van der Waals surface area (Å²) in [7, 11) is 0. The lowest BCUT2D eigenvalue weighted by atomic mass is 10.0. The first-order valence-electron chi connectivity index (χ1n) is 5.64. The standard InChI is InChI=1S/C14H16/c1-10-8-13(10)9-12-4-2-3-5-14(12)11-6-7-11/h2-5,9-11H,6-8H2,1H3. The molecule has 0 bridgehead atoms. The van der Waals surface area contributed by atoms with Gasteiger partial charge in [0.25, 0.3) is 0 Å². The van der Waals surface area contributed by atoms with Crippen molar-refractivity contribution in [2.45, 2.75) is 32.1 Å². The molecule has 2 fully saturated rings. The zero-order valence-corrected chi connectivity index (χ0v) is 8.66. The second-order valence-corrected chi connectivity index (χ2v) is 4.73. The van der Waals surface area contributed by atoms with Crippen molar-refractivity contribution in [1.82, 2.24) is 0 Å². The maximum absolute atomic E-state index is 2.42. The molecule has 0 N–H and O–H groups in total. The fourth-order valence-electron chi connectivity index (χ4n) is 2.10. The van der Waals surface area contributed by atoms with E-state index in [-0.39, 0.29) is 0 Å². The molecule has 0 spiro atoms. The molecule has 1 aromatic rings. The van der Waals surface area contributed by atoms with Crippen LogP contribution in [-0.4, -0.2) is 0 Å². The van der Waals surface area contributed by atoms with Gasteiger partial charge in [-0.25, -0.2) is 0 Å².